The highest BCUT2D eigenvalue weighted by Crippen LogP contribution is 2.28. The van der Waals surface area contributed by atoms with Crippen LogP contribution in [0.25, 0.3) is 0 Å². The molecule has 0 saturated carbocycles. The molecule has 0 unspecified atom stereocenters. The molecule has 0 aromatic heterocycles. The molecular weight excluding hydrogens is 202 g/mol. The monoisotopic (exact) mass is 211 g/mol. The average Bonchev–Trinajstić information content (AvgIpc) is 2.11. The van der Waals surface area contributed by atoms with E-state index in [2.05, 4.69) is 5.92 Å². The smallest absolute Gasteiger partial charge is 0.0453 e. The first-order valence-electron chi connectivity index (χ1n) is 3.85. The van der Waals surface area contributed by atoms with Gasteiger partial charge in [-0.3, -0.25) is 0 Å². The van der Waals surface area contributed by atoms with Gasteiger partial charge >= 0.3 is 0 Å². The Bertz CT molecular complexity index is 330. The minimum absolute atomic E-state index is 0.706. The highest BCUT2D eigenvalue weighted by molar-refractivity contribution is 7.99. The third-order valence-corrected chi connectivity index (χ3v) is 2.79. The van der Waals surface area contributed by atoms with Gasteiger partial charge in [-0.2, -0.15) is 0 Å². The van der Waals surface area contributed by atoms with Crippen molar-refractivity contribution in [2.24, 2.45) is 0 Å². The lowest BCUT2D eigenvalue weighted by molar-refractivity contribution is 1.29. The number of hydrogen-bond acceptors (Lipinski definition) is 2. The molecule has 0 bridgehead atoms. The molecule has 0 fully saturated rings. The van der Waals surface area contributed by atoms with E-state index in [0.29, 0.717) is 5.02 Å². The van der Waals surface area contributed by atoms with Gasteiger partial charge in [0.1, 0.15) is 0 Å². The van der Waals surface area contributed by atoms with Crippen LogP contribution >= 0.6 is 23.4 Å². The molecule has 0 aliphatic heterocycles. The lowest BCUT2D eigenvalue weighted by Gasteiger charge is -2.03. The average molecular weight is 212 g/mol. The topological polar surface area (TPSA) is 26.0 Å². The molecule has 0 spiro atoms. The molecule has 68 valence electrons. The fourth-order valence-corrected chi connectivity index (χ4v) is 1.97. The van der Waals surface area contributed by atoms with Gasteiger partial charge in [-0.05, 0) is 18.2 Å². The molecule has 1 rings (SSSR count). The van der Waals surface area contributed by atoms with Crippen LogP contribution < -0.4 is 5.73 Å². The molecular formula is C10H10ClNS. The zero-order valence-corrected chi connectivity index (χ0v) is 8.66. The number of rotatable bonds is 3. The highest BCUT2D eigenvalue weighted by atomic mass is 35.5. The van der Waals surface area contributed by atoms with Crippen molar-refractivity contribution in [1.82, 2.24) is 0 Å². The Morgan fingerprint density at radius 1 is 1.54 bits per heavy atom. The predicted molar refractivity (Wildman–Crippen MR) is 60.0 cm³/mol. The van der Waals surface area contributed by atoms with Gasteiger partial charge in [-0.15, -0.1) is 24.1 Å². The van der Waals surface area contributed by atoms with Crippen molar-refractivity contribution in [3.05, 3.63) is 23.2 Å². The fourth-order valence-electron chi connectivity index (χ4n) is 0.853. The molecule has 0 heterocycles. The summed E-state index contributed by atoms with van der Waals surface area (Å²) in [6.45, 7) is 0. The van der Waals surface area contributed by atoms with E-state index in [9.17, 15) is 0 Å². The molecule has 0 atom stereocenters. The minimum Gasteiger partial charge on any atom is -0.398 e. The van der Waals surface area contributed by atoms with Crippen LogP contribution in [0.15, 0.2) is 23.1 Å². The summed E-state index contributed by atoms with van der Waals surface area (Å²) in [6.07, 6.45) is 5.89. The molecule has 0 saturated heterocycles. The first-order chi connectivity index (χ1) is 6.24. The summed E-state index contributed by atoms with van der Waals surface area (Å²) in [4.78, 5) is 1.00. The van der Waals surface area contributed by atoms with E-state index in [1.807, 2.05) is 6.07 Å². The second kappa shape index (κ2) is 5.06. The number of anilines is 1. The van der Waals surface area contributed by atoms with Gasteiger partial charge in [0.2, 0.25) is 0 Å². The zero-order valence-electron chi connectivity index (χ0n) is 7.09. The van der Waals surface area contributed by atoms with Crippen LogP contribution in [-0.2, 0) is 0 Å². The third-order valence-electron chi connectivity index (χ3n) is 1.48. The van der Waals surface area contributed by atoms with Crippen LogP contribution in [0, 0.1) is 12.3 Å². The van der Waals surface area contributed by atoms with Gasteiger partial charge in [0, 0.05) is 27.8 Å². The summed E-state index contributed by atoms with van der Waals surface area (Å²) in [6, 6.07) is 5.45. The lowest BCUT2D eigenvalue weighted by atomic mass is 10.3. The van der Waals surface area contributed by atoms with Crippen LogP contribution in [0.5, 0.6) is 0 Å². The SMILES string of the molecule is C#CCCSc1cc(Cl)ccc1N. The Morgan fingerprint density at radius 3 is 3.00 bits per heavy atom. The maximum absolute atomic E-state index is 5.82. The molecule has 1 aromatic carbocycles. The van der Waals surface area contributed by atoms with Crippen molar-refractivity contribution in [1.29, 1.82) is 0 Å². The van der Waals surface area contributed by atoms with E-state index in [0.717, 1.165) is 22.8 Å². The maximum atomic E-state index is 5.82. The molecule has 2 N–H and O–H groups in total. The standard InChI is InChI=1S/C10H10ClNS/c1-2-3-6-13-10-7-8(11)4-5-9(10)12/h1,4-5,7H,3,6,12H2. The quantitative estimate of drug-likeness (QED) is 0.360. The summed E-state index contributed by atoms with van der Waals surface area (Å²) < 4.78 is 0. The van der Waals surface area contributed by atoms with Gasteiger partial charge in [-0.1, -0.05) is 11.6 Å². The number of hydrogen-bond donors (Lipinski definition) is 1. The minimum atomic E-state index is 0.706. The predicted octanol–water partition coefficient (Wildman–Crippen LogP) is 3.04. The van der Waals surface area contributed by atoms with E-state index < -0.39 is 0 Å². The van der Waals surface area contributed by atoms with Crippen LogP contribution in [0.1, 0.15) is 6.42 Å². The van der Waals surface area contributed by atoms with E-state index in [1.165, 1.54) is 0 Å². The van der Waals surface area contributed by atoms with Crippen molar-refractivity contribution in [2.45, 2.75) is 11.3 Å². The van der Waals surface area contributed by atoms with E-state index in [-0.39, 0.29) is 0 Å². The van der Waals surface area contributed by atoms with E-state index in [1.54, 1.807) is 23.9 Å². The van der Waals surface area contributed by atoms with E-state index in [4.69, 9.17) is 23.8 Å². The summed E-state index contributed by atoms with van der Waals surface area (Å²) in [5.41, 5.74) is 6.50. The number of nitrogens with two attached hydrogens (primary N) is 1. The Hall–Kier alpha value is -0.780. The van der Waals surface area contributed by atoms with Crippen molar-refractivity contribution in [2.75, 3.05) is 11.5 Å². The van der Waals surface area contributed by atoms with Crippen LogP contribution in [0.3, 0.4) is 0 Å². The van der Waals surface area contributed by atoms with Crippen molar-refractivity contribution >= 4 is 29.1 Å². The summed E-state index contributed by atoms with van der Waals surface area (Å²) in [5.74, 6) is 3.45. The van der Waals surface area contributed by atoms with Gasteiger partial charge < -0.3 is 5.73 Å². The van der Waals surface area contributed by atoms with Crippen LogP contribution in [0.2, 0.25) is 5.02 Å². The number of benzene rings is 1. The lowest BCUT2D eigenvalue weighted by Crippen LogP contribution is -1.88. The number of halogens is 1. The maximum Gasteiger partial charge on any atom is 0.0453 e. The third kappa shape index (κ3) is 3.22. The van der Waals surface area contributed by atoms with Gasteiger partial charge in [0.25, 0.3) is 0 Å². The Balaban J connectivity index is 2.65. The number of terminal acetylenes is 1. The summed E-state index contributed by atoms with van der Waals surface area (Å²) in [5, 5.41) is 0.706. The molecule has 1 aromatic rings. The molecule has 0 amide bonds. The van der Waals surface area contributed by atoms with Crippen molar-refractivity contribution in [3.8, 4) is 12.3 Å². The zero-order chi connectivity index (χ0) is 9.68. The number of thioether (sulfide) groups is 1. The Morgan fingerprint density at radius 2 is 2.31 bits per heavy atom. The van der Waals surface area contributed by atoms with Gasteiger partial charge in [0.05, 0.1) is 0 Å². The molecule has 1 nitrogen and oxygen atoms in total. The first kappa shape index (κ1) is 10.3. The molecule has 0 aliphatic rings. The van der Waals surface area contributed by atoms with Gasteiger partial charge in [0.15, 0.2) is 0 Å². The largest absolute Gasteiger partial charge is 0.398 e. The van der Waals surface area contributed by atoms with Crippen molar-refractivity contribution < 1.29 is 0 Å². The molecule has 13 heavy (non-hydrogen) atoms. The molecule has 3 heteroatoms. The highest BCUT2D eigenvalue weighted by Gasteiger charge is 1.99. The number of nitrogen functional groups attached to an aromatic ring is 1. The Kier molecular flexibility index (Phi) is 4.01. The normalized spacial score (nSPS) is 9.54. The second-order valence-corrected chi connectivity index (χ2v) is 4.06. The fraction of sp³-hybridized carbons (Fsp3) is 0.200. The van der Waals surface area contributed by atoms with Crippen LogP contribution in [0.4, 0.5) is 5.69 Å². The van der Waals surface area contributed by atoms with Gasteiger partial charge in [-0.25, -0.2) is 0 Å². The summed E-state index contributed by atoms with van der Waals surface area (Å²) >= 11 is 7.45. The van der Waals surface area contributed by atoms with E-state index >= 15 is 0 Å². The Labute approximate surface area is 87.7 Å². The first-order valence-corrected chi connectivity index (χ1v) is 5.21. The van der Waals surface area contributed by atoms with Crippen molar-refractivity contribution in [3.63, 3.8) is 0 Å². The molecule has 0 radical (unpaired) electrons. The second-order valence-electron chi connectivity index (χ2n) is 2.48. The van der Waals surface area contributed by atoms with Crippen LogP contribution in [-0.4, -0.2) is 5.75 Å². The summed E-state index contributed by atoms with van der Waals surface area (Å²) in [7, 11) is 0. The molecule has 0 aliphatic carbocycles.